The van der Waals surface area contributed by atoms with Crippen molar-refractivity contribution in [1.29, 1.82) is 0 Å². The van der Waals surface area contributed by atoms with E-state index < -0.39 is 18.2 Å². The highest BCUT2D eigenvalue weighted by atomic mass is 19.2. The molecule has 0 aliphatic heterocycles. The predicted molar refractivity (Wildman–Crippen MR) is 105 cm³/mol. The molecular weight excluding hydrogens is 412 g/mol. The Bertz CT molecular complexity index is 1040. The Balaban J connectivity index is 1.73. The molecule has 3 rings (SSSR count). The van der Waals surface area contributed by atoms with Crippen molar-refractivity contribution in [2.45, 2.75) is 32.6 Å². The van der Waals surface area contributed by atoms with Crippen LogP contribution in [0, 0.1) is 11.6 Å². The number of amides is 1. The van der Waals surface area contributed by atoms with Crippen molar-refractivity contribution in [3.05, 3.63) is 65.1 Å². The molecule has 1 aromatic carbocycles. The summed E-state index contributed by atoms with van der Waals surface area (Å²) in [6.45, 7) is 1.10. The summed E-state index contributed by atoms with van der Waals surface area (Å²) in [5, 5.41) is 25.2. The molecule has 164 valence electrons. The molecule has 0 radical (unpaired) electrons. The number of benzene rings is 1. The standard InChI is InChI=1S/C21H21F2N3O5/c1-2-14(9-27)25-21(29)13-4-6-19(24-8-13)30-11-15-18(10-28)31-26-20(15)12-3-5-16(22)17(23)7-12/h3-8,14,27-28H,2,9-11H2,1H3,(H,25,29). The lowest BCUT2D eigenvalue weighted by molar-refractivity contribution is 0.0914. The first kappa shape index (κ1) is 22.3. The number of nitrogens with zero attached hydrogens (tertiary/aromatic N) is 2. The van der Waals surface area contributed by atoms with Gasteiger partial charge in [-0.25, -0.2) is 13.8 Å². The van der Waals surface area contributed by atoms with E-state index >= 15 is 0 Å². The first-order valence-corrected chi connectivity index (χ1v) is 9.51. The van der Waals surface area contributed by atoms with Gasteiger partial charge in [-0.3, -0.25) is 4.79 Å². The molecule has 0 bridgehead atoms. The molecule has 0 aliphatic carbocycles. The van der Waals surface area contributed by atoms with Crippen LogP contribution in [0.4, 0.5) is 8.78 Å². The van der Waals surface area contributed by atoms with Crippen molar-refractivity contribution >= 4 is 5.91 Å². The number of aromatic nitrogens is 2. The van der Waals surface area contributed by atoms with Crippen LogP contribution in [-0.4, -0.2) is 38.9 Å². The molecule has 0 saturated heterocycles. The smallest absolute Gasteiger partial charge is 0.253 e. The van der Waals surface area contributed by atoms with Crippen molar-refractivity contribution in [3.8, 4) is 17.1 Å². The lowest BCUT2D eigenvalue weighted by atomic mass is 10.1. The van der Waals surface area contributed by atoms with Gasteiger partial charge in [-0.2, -0.15) is 0 Å². The summed E-state index contributed by atoms with van der Waals surface area (Å²) in [6.07, 6.45) is 1.91. The highest BCUT2D eigenvalue weighted by Gasteiger charge is 2.19. The second-order valence-electron chi connectivity index (χ2n) is 6.65. The maximum absolute atomic E-state index is 13.6. The van der Waals surface area contributed by atoms with Crippen molar-refractivity contribution in [3.63, 3.8) is 0 Å². The Morgan fingerprint density at radius 2 is 2.03 bits per heavy atom. The maximum Gasteiger partial charge on any atom is 0.253 e. The van der Waals surface area contributed by atoms with Crippen molar-refractivity contribution in [2.24, 2.45) is 0 Å². The monoisotopic (exact) mass is 433 g/mol. The molecular formula is C21H21F2N3O5. The molecule has 1 unspecified atom stereocenters. The molecule has 31 heavy (non-hydrogen) atoms. The fourth-order valence-electron chi connectivity index (χ4n) is 2.78. The number of aliphatic hydroxyl groups excluding tert-OH is 2. The fraction of sp³-hybridized carbons (Fsp3) is 0.286. The zero-order valence-electron chi connectivity index (χ0n) is 16.6. The van der Waals surface area contributed by atoms with E-state index in [4.69, 9.17) is 9.26 Å². The maximum atomic E-state index is 13.6. The Morgan fingerprint density at radius 3 is 2.65 bits per heavy atom. The van der Waals surface area contributed by atoms with Crippen LogP contribution in [-0.2, 0) is 13.2 Å². The number of aliphatic hydroxyl groups is 2. The minimum atomic E-state index is -1.04. The summed E-state index contributed by atoms with van der Waals surface area (Å²) in [4.78, 5) is 16.2. The summed E-state index contributed by atoms with van der Waals surface area (Å²) in [5.74, 6) is -2.11. The molecule has 0 spiro atoms. The number of halogens is 2. The zero-order chi connectivity index (χ0) is 22.4. The number of hydrogen-bond acceptors (Lipinski definition) is 7. The SMILES string of the molecule is CCC(CO)NC(=O)c1ccc(OCc2c(-c3ccc(F)c(F)c3)noc2CO)nc1. The summed E-state index contributed by atoms with van der Waals surface area (Å²) < 4.78 is 37.5. The van der Waals surface area contributed by atoms with Crippen LogP contribution in [0.2, 0.25) is 0 Å². The van der Waals surface area contributed by atoms with Gasteiger partial charge < -0.3 is 24.8 Å². The predicted octanol–water partition coefficient (Wildman–Crippen LogP) is 2.59. The lowest BCUT2D eigenvalue weighted by Gasteiger charge is -2.14. The molecule has 0 saturated carbocycles. The molecule has 2 aromatic heterocycles. The van der Waals surface area contributed by atoms with E-state index in [-0.39, 0.29) is 48.1 Å². The van der Waals surface area contributed by atoms with Gasteiger partial charge in [0.1, 0.15) is 18.9 Å². The van der Waals surface area contributed by atoms with Crippen LogP contribution in [0.25, 0.3) is 11.3 Å². The zero-order valence-corrected chi connectivity index (χ0v) is 16.6. The minimum absolute atomic E-state index is 0.116. The summed E-state index contributed by atoms with van der Waals surface area (Å²) in [6, 6.07) is 5.93. The van der Waals surface area contributed by atoms with E-state index in [1.54, 1.807) is 0 Å². The first-order valence-electron chi connectivity index (χ1n) is 9.51. The third kappa shape index (κ3) is 5.22. The van der Waals surface area contributed by atoms with Gasteiger partial charge in [0.25, 0.3) is 5.91 Å². The van der Waals surface area contributed by atoms with Crippen LogP contribution < -0.4 is 10.1 Å². The third-order valence-electron chi connectivity index (χ3n) is 4.62. The van der Waals surface area contributed by atoms with Crippen LogP contribution in [0.15, 0.2) is 41.1 Å². The Morgan fingerprint density at radius 1 is 1.23 bits per heavy atom. The average molecular weight is 433 g/mol. The molecule has 2 heterocycles. The van der Waals surface area contributed by atoms with E-state index in [0.29, 0.717) is 17.5 Å². The minimum Gasteiger partial charge on any atom is -0.473 e. The van der Waals surface area contributed by atoms with E-state index in [1.165, 1.54) is 24.4 Å². The number of carbonyl (C=O) groups is 1. The van der Waals surface area contributed by atoms with Gasteiger partial charge in [-0.15, -0.1) is 0 Å². The van der Waals surface area contributed by atoms with Gasteiger partial charge in [-0.05, 0) is 30.7 Å². The van der Waals surface area contributed by atoms with E-state index in [2.05, 4.69) is 15.5 Å². The van der Waals surface area contributed by atoms with Gasteiger partial charge in [0.15, 0.2) is 17.4 Å². The lowest BCUT2D eigenvalue weighted by Crippen LogP contribution is -2.36. The van der Waals surface area contributed by atoms with Gasteiger partial charge in [0, 0.05) is 17.8 Å². The Labute approximate surface area is 176 Å². The third-order valence-corrected chi connectivity index (χ3v) is 4.62. The molecule has 3 aromatic rings. The molecule has 3 N–H and O–H groups in total. The van der Waals surface area contributed by atoms with Gasteiger partial charge in [0.2, 0.25) is 5.88 Å². The number of pyridine rings is 1. The number of carbonyl (C=O) groups excluding carboxylic acids is 1. The number of rotatable bonds is 9. The average Bonchev–Trinajstić information content (AvgIpc) is 3.21. The number of nitrogens with one attached hydrogen (secondary N) is 1. The molecule has 8 nitrogen and oxygen atoms in total. The van der Waals surface area contributed by atoms with Crippen LogP contribution in [0.3, 0.4) is 0 Å². The first-order chi connectivity index (χ1) is 15.0. The Hall–Kier alpha value is -3.37. The highest BCUT2D eigenvalue weighted by molar-refractivity contribution is 5.94. The van der Waals surface area contributed by atoms with Gasteiger partial charge in [-0.1, -0.05) is 12.1 Å². The molecule has 0 fully saturated rings. The van der Waals surface area contributed by atoms with Crippen LogP contribution in [0.1, 0.15) is 35.0 Å². The van der Waals surface area contributed by atoms with E-state index in [9.17, 15) is 23.8 Å². The quantitative estimate of drug-likeness (QED) is 0.475. The number of hydrogen-bond donors (Lipinski definition) is 3. The van der Waals surface area contributed by atoms with Crippen LogP contribution >= 0.6 is 0 Å². The van der Waals surface area contributed by atoms with Gasteiger partial charge >= 0.3 is 0 Å². The fourth-order valence-corrected chi connectivity index (χ4v) is 2.78. The molecule has 1 amide bonds. The van der Waals surface area contributed by atoms with Crippen molar-refractivity contribution < 1.29 is 33.0 Å². The van der Waals surface area contributed by atoms with Crippen molar-refractivity contribution in [1.82, 2.24) is 15.5 Å². The summed E-state index contributed by atoms with van der Waals surface area (Å²) in [5.41, 5.74) is 1.11. The van der Waals surface area contributed by atoms with Crippen LogP contribution in [0.5, 0.6) is 5.88 Å². The van der Waals surface area contributed by atoms with E-state index in [0.717, 1.165) is 12.1 Å². The van der Waals surface area contributed by atoms with Gasteiger partial charge in [0.05, 0.1) is 23.8 Å². The Kier molecular flexibility index (Phi) is 7.27. The molecule has 1 atom stereocenters. The second-order valence-corrected chi connectivity index (χ2v) is 6.65. The highest BCUT2D eigenvalue weighted by Crippen LogP contribution is 2.28. The molecule has 0 aliphatic rings. The number of ether oxygens (including phenoxy) is 1. The second kappa shape index (κ2) is 10.1. The normalized spacial score (nSPS) is 11.9. The summed E-state index contributed by atoms with van der Waals surface area (Å²) >= 11 is 0. The summed E-state index contributed by atoms with van der Waals surface area (Å²) in [7, 11) is 0. The topological polar surface area (TPSA) is 118 Å². The largest absolute Gasteiger partial charge is 0.473 e. The van der Waals surface area contributed by atoms with Crippen molar-refractivity contribution in [2.75, 3.05) is 6.61 Å². The molecule has 10 heteroatoms. The van der Waals surface area contributed by atoms with E-state index in [1.807, 2.05) is 6.92 Å².